The Morgan fingerprint density at radius 1 is 1.07 bits per heavy atom. The Labute approximate surface area is 175 Å². The molecule has 0 atom stereocenters. The molecule has 1 aliphatic heterocycles. The molecule has 1 fully saturated rings. The van der Waals surface area contributed by atoms with Crippen LogP contribution in [0.25, 0.3) is 10.8 Å². The van der Waals surface area contributed by atoms with Crippen molar-refractivity contribution in [1.29, 1.82) is 0 Å². The second-order valence-electron chi connectivity index (χ2n) is 7.27. The number of carbonyl (C=O) groups is 1. The molecule has 1 N–H and O–H groups in total. The summed E-state index contributed by atoms with van der Waals surface area (Å²) in [5.41, 5.74) is 0.590. The Morgan fingerprint density at radius 2 is 1.80 bits per heavy atom. The van der Waals surface area contributed by atoms with Crippen LogP contribution in [0.15, 0.2) is 65.7 Å². The van der Waals surface area contributed by atoms with E-state index < -0.39 is 10.0 Å². The van der Waals surface area contributed by atoms with Crippen LogP contribution >= 0.6 is 0 Å². The standard InChI is InChI=1S/C22H23N3O4S/c1-29-21-9-7-19(15-23-21)24-22(26)17-10-12-25(13-11-17)30(27,28)20-8-6-16-4-2-3-5-18(16)14-20/h2-9,14-15,17H,10-13H2,1H3,(H,24,26). The number of pyridine rings is 1. The van der Waals surface area contributed by atoms with Gasteiger partial charge in [0.1, 0.15) is 0 Å². The maximum Gasteiger partial charge on any atom is 0.243 e. The first-order chi connectivity index (χ1) is 14.5. The van der Waals surface area contributed by atoms with Gasteiger partial charge < -0.3 is 10.1 Å². The Balaban J connectivity index is 1.40. The number of benzene rings is 2. The van der Waals surface area contributed by atoms with Crippen molar-refractivity contribution in [3.63, 3.8) is 0 Å². The summed E-state index contributed by atoms with van der Waals surface area (Å²) in [6, 6.07) is 16.2. The second kappa shape index (κ2) is 8.41. The number of fused-ring (bicyclic) bond motifs is 1. The van der Waals surface area contributed by atoms with Gasteiger partial charge in [0.05, 0.1) is 23.9 Å². The fourth-order valence-corrected chi connectivity index (χ4v) is 5.16. The van der Waals surface area contributed by atoms with Crippen LogP contribution < -0.4 is 10.1 Å². The molecular formula is C22H23N3O4S. The summed E-state index contributed by atoms with van der Waals surface area (Å²) in [5.74, 6) is 0.111. The van der Waals surface area contributed by atoms with Crippen LogP contribution in [0.3, 0.4) is 0 Å². The molecule has 30 heavy (non-hydrogen) atoms. The average Bonchev–Trinajstić information content (AvgIpc) is 2.79. The molecule has 0 aliphatic carbocycles. The molecule has 2 aromatic carbocycles. The molecule has 2 heterocycles. The number of hydrogen-bond acceptors (Lipinski definition) is 5. The molecule has 0 spiro atoms. The molecule has 7 nitrogen and oxygen atoms in total. The number of hydrogen-bond donors (Lipinski definition) is 1. The highest BCUT2D eigenvalue weighted by molar-refractivity contribution is 7.89. The van der Waals surface area contributed by atoms with Gasteiger partial charge in [-0.1, -0.05) is 30.3 Å². The lowest BCUT2D eigenvalue weighted by atomic mass is 9.97. The number of amides is 1. The number of nitrogens with zero attached hydrogens (tertiary/aromatic N) is 2. The molecule has 0 saturated carbocycles. The van der Waals surface area contributed by atoms with Crippen LogP contribution in [-0.2, 0) is 14.8 Å². The van der Waals surface area contributed by atoms with Crippen molar-refractivity contribution in [3.8, 4) is 5.88 Å². The van der Waals surface area contributed by atoms with Crippen LogP contribution in [0.5, 0.6) is 5.88 Å². The minimum absolute atomic E-state index is 0.121. The van der Waals surface area contributed by atoms with Crippen molar-refractivity contribution in [2.75, 3.05) is 25.5 Å². The Kier molecular flexibility index (Phi) is 5.69. The molecule has 1 amide bonds. The lowest BCUT2D eigenvalue weighted by molar-refractivity contribution is -0.120. The molecule has 1 aromatic heterocycles. The van der Waals surface area contributed by atoms with E-state index in [1.807, 2.05) is 30.3 Å². The molecule has 0 radical (unpaired) electrons. The Morgan fingerprint density at radius 3 is 2.47 bits per heavy atom. The van der Waals surface area contributed by atoms with Gasteiger partial charge in [0.2, 0.25) is 21.8 Å². The predicted octanol–water partition coefficient (Wildman–Crippen LogP) is 3.28. The van der Waals surface area contributed by atoms with Gasteiger partial charge in [-0.25, -0.2) is 13.4 Å². The van der Waals surface area contributed by atoms with Gasteiger partial charge in [-0.2, -0.15) is 4.31 Å². The monoisotopic (exact) mass is 425 g/mol. The highest BCUT2D eigenvalue weighted by Gasteiger charge is 2.32. The lowest BCUT2D eigenvalue weighted by Gasteiger charge is -2.30. The highest BCUT2D eigenvalue weighted by Crippen LogP contribution is 2.27. The van der Waals surface area contributed by atoms with Crippen molar-refractivity contribution in [1.82, 2.24) is 9.29 Å². The van der Waals surface area contributed by atoms with Crippen molar-refractivity contribution >= 4 is 32.4 Å². The van der Waals surface area contributed by atoms with Crippen LogP contribution in [0.1, 0.15) is 12.8 Å². The van der Waals surface area contributed by atoms with Gasteiger partial charge in [0.25, 0.3) is 0 Å². The molecule has 0 unspecified atom stereocenters. The third kappa shape index (κ3) is 4.15. The zero-order valence-corrected chi connectivity index (χ0v) is 17.4. The van der Waals surface area contributed by atoms with Gasteiger partial charge in [-0.05, 0) is 41.8 Å². The number of ether oxygens (including phenoxy) is 1. The van der Waals surface area contributed by atoms with Crippen LogP contribution in [0.2, 0.25) is 0 Å². The zero-order valence-electron chi connectivity index (χ0n) is 16.6. The van der Waals surface area contributed by atoms with Crippen LogP contribution in [0.4, 0.5) is 5.69 Å². The molecule has 3 aromatic rings. The number of nitrogens with one attached hydrogen (secondary N) is 1. The maximum atomic E-state index is 13.1. The number of aromatic nitrogens is 1. The highest BCUT2D eigenvalue weighted by atomic mass is 32.2. The first-order valence-corrected chi connectivity index (χ1v) is 11.2. The van der Waals surface area contributed by atoms with E-state index in [1.165, 1.54) is 17.6 Å². The van der Waals surface area contributed by atoms with E-state index in [1.54, 1.807) is 24.3 Å². The van der Waals surface area contributed by atoms with Gasteiger partial charge in [0, 0.05) is 25.1 Å². The number of piperidine rings is 1. The predicted molar refractivity (Wildman–Crippen MR) is 115 cm³/mol. The summed E-state index contributed by atoms with van der Waals surface area (Å²) < 4.78 is 32.6. The van der Waals surface area contributed by atoms with Crippen molar-refractivity contribution in [2.45, 2.75) is 17.7 Å². The third-order valence-electron chi connectivity index (χ3n) is 5.40. The first-order valence-electron chi connectivity index (χ1n) is 9.77. The number of anilines is 1. The van der Waals surface area contributed by atoms with Gasteiger partial charge in [-0.15, -0.1) is 0 Å². The van der Waals surface area contributed by atoms with E-state index in [9.17, 15) is 13.2 Å². The summed E-state index contributed by atoms with van der Waals surface area (Å²) in [6.45, 7) is 0.627. The quantitative estimate of drug-likeness (QED) is 0.678. The second-order valence-corrected chi connectivity index (χ2v) is 9.20. The van der Waals surface area contributed by atoms with E-state index in [4.69, 9.17) is 4.74 Å². The van der Waals surface area contributed by atoms with E-state index in [0.717, 1.165) is 10.8 Å². The van der Waals surface area contributed by atoms with E-state index in [0.29, 0.717) is 37.5 Å². The summed E-state index contributed by atoms with van der Waals surface area (Å²) in [5, 5.41) is 4.73. The minimum Gasteiger partial charge on any atom is -0.481 e. The van der Waals surface area contributed by atoms with Crippen molar-refractivity contribution < 1.29 is 17.9 Å². The van der Waals surface area contributed by atoms with Crippen LogP contribution in [-0.4, -0.2) is 43.8 Å². The largest absolute Gasteiger partial charge is 0.481 e. The molecule has 1 aliphatic rings. The fourth-order valence-electron chi connectivity index (χ4n) is 3.65. The number of sulfonamides is 1. The minimum atomic E-state index is -3.59. The van der Waals surface area contributed by atoms with E-state index >= 15 is 0 Å². The van der Waals surface area contributed by atoms with Crippen LogP contribution in [0, 0.1) is 5.92 Å². The van der Waals surface area contributed by atoms with Crippen molar-refractivity contribution in [2.24, 2.45) is 5.92 Å². The zero-order chi connectivity index (χ0) is 21.1. The first kappa shape index (κ1) is 20.3. The maximum absolute atomic E-state index is 13.1. The van der Waals surface area contributed by atoms with E-state index in [2.05, 4.69) is 10.3 Å². The SMILES string of the molecule is COc1ccc(NC(=O)C2CCN(S(=O)(=O)c3ccc4ccccc4c3)CC2)cn1. The third-order valence-corrected chi connectivity index (χ3v) is 7.29. The summed E-state index contributed by atoms with van der Waals surface area (Å²) in [7, 11) is -2.06. The molecule has 4 rings (SSSR count). The number of carbonyl (C=O) groups excluding carboxylic acids is 1. The molecule has 0 bridgehead atoms. The summed E-state index contributed by atoms with van der Waals surface area (Å²) in [4.78, 5) is 16.9. The number of rotatable bonds is 5. The Bertz CT molecular complexity index is 1150. The molecular weight excluding hydrogens is 402 g/mol. The number of methoxy groups -OCH3 is 1. The smallest absolute Gasteiger partial charge is 0.243 e. The normalized spacial score (nSPS) is 15.8. The molecule has 8 heteroatoms. The summed E-state index contributed by atoms with van der Waals surface area (Å²) >= 11 is 0. The fraction of sp³-hybridized carbons (Fsp3) is 0.273. The lowest BCUT2D eigenvalue weighted by Crippen LogP contribution is -2.41. The molecule has 156 valence electrons. The van der Waals surface area contributed by atoms with Gasteiger partial charge in [-0.3, -0.25) is 4.79 Å². The van der Waals surface area contributed by atoms with Gasteiger partial charge >= 0.3 is 0 Å². The van der Waals surface area contributed by atoms with Crippen molar-refractivity contribution in [3.05, 3.63) is 60.8 Å². The molecule has 1 saturated heterocycles. The Hall–Kier alpha value is -2.97. The van der Waals surface area contributed by atoms with Gasteiger partial charge in [0.15, 0.2) is 0 Å². The summed E-state index contributed by atoms with van der Waals surface area (Å²) in [6.07, 6.45) is 2.49. The average molecular weight is 426 g/mol. The topological polar surface area (TPSA) is 88.6 Å². The van der Waals surface area contributed by atoms with E-state index in [-0.39, 0.29) is 16.7 Å².